The van der Waals surface area contributed by atoms with Crippen molar-refractivity contribution in [3.63, 3.8) is 0 Å². The van der Waals surface area contributed by atoms with Gasteiger partial charge >= 0.3 is 0 Å². The Morgan fingerprint density at radius 3 is 2.44 bits per heavy atom. The van der Waals surface area contributed by atoms with E-state index in [4.69, 9.17) is 12.6 Å². The summed E-state index contributed by atoms with van der Waals surface area (Å²) < 4.78 is 1.81. The van der Waals surface area contributed by atoms with Crippen LogP contribution in [0.3, 0.4) is 0 Å². The maximum absolute atomic E-state index is 13.1. The molecule has 0 spiro atoms. The number of carbonyl (C=O) groups is 1. The zero-order valence-electron chi connectivity index (χ0n) is 14.8. The summed E-state index contributed by atoms with van der Waals surface area (Å²) in [6, 6.07) is 12.9. The van der Waals surface area contributed by atoms with Crippen molar-refractivity contribution < 1.29 is 9.36 Å². The zero-order valence-corrected chi connectivity index (χ0v) is 15.6. The summed E-state index contributed by atoms with van der Waals surface area (Å²) >= 11 is 5.43. The number of hydrogen-bond donors (Lipinski definition) is 0. The molecular formula is C21H24N2OS. The molecule has 0 amide bonds. The second kappa shape index (κ2) is 9.23. The predicted molar refractivity (Wildman–Crippen MR) is 105 cm³/mol. The van der Waals surface area contributed by atoms with Crippen LogP contribution in [0.25, 0.3) is 0 Å². The number of Topliss-reactive ketones (excluding diaryl/α,β-unsaturated/α-hetero) is 1. The van der Waals surface area contributed by atoms with Crippen LogP contribution in [0.1, 0.15) is 48.1 Å². The normalized spacial score (nSPS) is 13.9. The first kappa shape index (κ1) is 19.0. The van der Waals surface area contributed by atoms with E-state index in [1.54, 1.807) is 10.6 Å². The number of pyridine rings is 1. The molecule has 0 aliphatic heterocycles. The number of hydrogen-bond acceptors (Lipinski definition) is 3. The SMILES string of the molecule is C=CCN=C([S-])[C@H](C(=O)c1ccc([C@@H](C)CC)cc1)[n+]1ccccc1. The average molecular weight is 353 g/mol. The fraction of sp³-hybridized carbons (Fsp3) is 0.286. The molecule has 2 atom stereocenters. The highest BCUT2D eigenvalue weighted by molar-refractivity contribution is 7.77. The monoisotopic (exact) mass is 352 g/mol. The molecule has 4 heteroatoms. The molecule has 0 aliphatic carbocycles. The summed E-state index contributed by atoms with van der Waals surface area (Å²) in [5.74, 6) is 0.428. The van der Waals surface area contributed by atoms with Crippen LogP contribution in [0, 0.1) is 0 Å². The highest BCUT2D eigenvalue weighted by atomic mass is 32.1. The smallest absolute Gasteiger partial charge is 0.237 e. The second-order valence-electron chi connectivity index (χ2n) is 5.99. The minimum atomic E-state index is -0.620. The molecule has 0 radical (unpaired) electrons. The van der Waals surface area contributed by atoms with E-state index in [1.807, 2.05) is 54.9 Å². The van der Waals surface area contributed by atoms with Gasteiger partial charge in [0.25, 0.3) is 0 Å². The number of aromatic nitrogens is 1. The van der Waals surface area contributed by atoms with Gasteiger partial charge in [-0.05, 0) is 22.9 Å². The Labute approximate surface area is 155 Å². The van der Waals surface area contributed by atoms with Crippen molar-refractivity contribution in [1.29, 1.82) is 0 Å². The number of nitrogens with zero attached hydrogens (tertiary/aromatic N) is 2. The molecule has 3 nitrogen and oxygen atoms in total. The Balaban J connectivity index is 2.36. The molecule has 0 saturated carbocycles. The lowest BCUT2D eigenvalue weighted by Gasteiger charge is -2.18. The zero-order chi connectivity index (χ0) is 18.2. The summed E-state index contributed by atoms with van der Waals surface area (Å²) in [6.45, 7) is 8.40. The van der Waals surface area contributed by atoms with Gasteiger partial charge in [-0.25, -0.2) is 0 Å². The number of carbonyl (C=O) groups excluding carboxylic acids is 1. The standard InChI is InChI=1S/C21H24N2OS/c1-4-13-22-21(25)19(23-14-7-6-8-15-23)20(24)18-11-9-17(10-12-18)16(3)5-2/h4,6-12,14-16,19H,1,5,13H2,2-3H3/t16-,19-/m0/s1. The van der Waals surface area contributed by atoms with Gasteiger partial charge in [0.05, 0.1) is 6.54 Å². The summed E-state index contributed by atoms with van der Waals surface area (Å²) in [5, 5.41) is 0.368. The van der Waals surface area contributed by atoms with Gasteiger partial charge in [-0.1, -0.05) is 50.3 Å². The van der Waals surface area contributed by atoms with Crippen molar-refractivity contribution >= 4 is 23.5 Å². The quantitative estimate of drug-likeness (QED) is 0.179. The van der Waals surface area contributed by atoms with E-state index in [9.17, 15) is 4.79 Å². The molecule has 1 heterocycles. The van der Waals surface area contributed by atoms with Crippen molar-refractivity contribution in [2.24, 2.45) is 4.99 Å². The Bertz CT molecular complexity index is 738. The van der Waals surface area contributed by atoms with Crippen LogP contribution in [0.4, 0.5) is 0 Å². The van der Waals surface area contributed by atoms with Gasteiger partial charge in [-0.15, -0.1) is 6.58 Å². The lowest BCUT2D eigenvalue weighted by molar-refractivity contribution is -0.691. The van der Waals surface area contributed by atoms with E-state index >= 15 is 0 Å². The van der Waals surface area contributed by atoms with Gasteiger partial charge in [-0.3, -0.25) is 4.79 Å². The minimum absolute atomic E-state index is 0.0512. The maximum Gasteiger partial charge on any atom is 0.237 e. The van der Waals surface area contributed by atoms with Gasteiger partial charge in [0.1, 0.15) is 0 Å². The molecule has 130 valence electrons. The number of aliphatic imine (C=N–C) groups is 1. The van der Waals surface area contributed by atoms with Crippen molar-refractivity contribution in [3.8, 4) is 0 Å². The van der Waals surface area contributed by atoms with E-state index in [0.717, 1.165) is 6.42 Å². The third-order valence-electron chi connectivity index (χ3n) is 4.27. The Morgan fingerprint density at radius 2 is 1.88 bits per heavy atom. The average Bonchev–Trinajstić information content (AvgIpc) is 2.66. The molecule has 0 bridgehead atoms. The van der Waals surface area contributed by atoms with Gasteiger partial charge in [0, 0.05) is 17.7 Å². The van der Waals surface area contributed by atoms with Crippen molar-refractivity contribution in [2.45, 2.75) is 32.2 Å². The van der Waals surface area contributed by atoms with E-state index in [2.05, 4.69) is 25.4 Å². The molecule has 1 aromatic heterocycles. The molecule has 2 aromatic rings. The molecule has 0 N–H and O–H groups in total. The topological polar surface area (TPSA) is 33.3 Å². The lowest BCUT2D eigenvalue weighted by Crippen LogP contribution is -2.47. The molecular weight excluding hydrogens is 328 g/mol. The van der Waals surface area contributed by atoms with E-state index in [-0.39, 0.29) is 5.78 Å². The fourth-order valence-corrected chi connectivity index (χ4v) is 2.87. The van der Waals surface area contributed by atoms with E-state index in [0.29, 0.717) is 23.1 Å². The van der Waals surface area contributed by atoms with Crippen LogP contribution >= 0.6 is 0 Å². The van der Waals surface area contributed by atoms with Crippen molar-refractivity contribution in [2.75, 3.05) is 6.54 Å². The van der Waals surface area contributed by atoms with Crippen LogP contribution in [0.15, 0.2) is 72.5 Å². The summed E-state index contributed by atoms with van der Waals surface area (Å²) in [7, 11) is 0. The van der Waals surface area contributed by atoms with Gasteiger partial charge in [0.15, 0.2) is 12.4 Å². The van der Waals surface area contributed by atoms with Crippen LogP contribution in [0.2, 0.25) is 0 Å². The predicted octanol–water partition coefficient (Wildman–Crippen LogP) is 4.04. The molecule has 1 aromatic carbocycles. The summed E-state index contributed by atoms with van der Waals surface area (Å²) in [6.07, 6.45) is 6.42. The first-order chi connectivity index (χ1) is 12.1. The van der Waals surface area contributed by atoms with Gasteiger partial charge in [-0.2, -0.15) is 4.57 Å². The van der Waals surface area contributed by atoms with Crippen molar-refractivity contribution in [1.82, 2.24) is 0 Å². The molecule has 0 saturated heterocycles. The Morgan fingerprint density at radius 1 is 1.24 bits per heavy atom. The number of ketones is 1. The molecule has 2 rings (SSSR count). The highest BCUT2D eigenvalue weighted by Gasteiger charge is 2.28. The number of benzene rings is 1. The van der Waals surface area contributed by atoms with Crippen LogP contribution < -0.4 is 4.57 Å². The summed E-state index contributed by atoms with van der Waals surface area (Å²) in [4.78, 5) is 17.4. The first-order valence-corrected chi connectivity index (χ1v) is 8.91. The lowest BCUT2D eigenvalue weighted by atomic mass is 9.95. The third-order valence-corrected chi connectivity index (χ3v) is 4.62. The maximum atomic E-state index is 13.1. The van der Waals surface area contributed by atoms with E-state index in [1.165, 1.54) is 5.56 Å². The molecule has 0 unspecified atom stereocenters. The van der Waals surface area contributed by atoms with Gasteiger partial charge in [0.2, 0.25) is 11.8 Å². The molecule has 25 heavy (non-hydrogen) atoms. The van der Waals surface area contributed by atoms with Crippen LogP contribution in [-0.4, -0.2) is 17.4 Å². The fourth-order valence-electron chi connectivity index (χ4n) is 2.57. The molecule has 0 fully saturated rings. The van der Waals surface area contributed by atoms with Gasteiger partial charge < -0.3 is 17.6 Å². The largest absolute Gasteiger partial charge is 0.758 e. The third kappa shape index (κ3) is 4.83. The Kier molecular flexibility index (Phi) is 7.02. The summed E-state index contributed by atoms with van der Waals surface area (Å²) in [5.41, 5.74) is 1.88. The second-order valence-corrected chi connectivity index (χ2v) is 6.41. The minimum Gasteiger partial charge on any atom is -0.758 e. The molecule has 0 aliphatic rings. The van der Waals surface area contributed by atoms with Crippen molar-refractivity contribution in [3.05, 3.63) is 78.6 Å². The highest BCUT2D eigenvalue weighted by Crippen LogP contribution is 2.20. The van der Waals surface area contributed by atoms with Crippen LogP contribution in [-0.2, 0) is 12.6 Å². The first-order valence-electron chi connectivity index (χ1n) is 8.50. The number of rotatable bonds is 8. The Hall–Kier alpha value is -2.33. The van der Waals surface area contributed by atoms with Crippen LogP contribution in [0.5, 0.6) is 0 Å². The van der Waals surface area contributed by atoms with E-state index < -0.39 is 6.04 Å².